The average molecular weight is 254 g/mol. The first-order valence-corrected chi connectivity index (χ1v) is 5.04. The van der Waals surface area contributed by atoms with Crippen LogP contribution >= 0.6 is 0 Å². The van der Waals surface area contributed by atoms with Crippen molar-refractivity contribution in [2.45, 2.75) is 6.18 Å². The van der Waals surface area contributed by atoms with E-state index in [9.17, 15) is 18.0 Å². The quantitative estimate of drug-likeness (QED) is 0.849. The fourth-order valence-corrected chi connectivity index (χ4v) is 1.55. The molecule has 0 saturated heterocycles. The molecule has 2 N–H and O–H groups in total. The van der Waals surface area contributed by atoms with Gasteiger partial charge in [-0.3, -0.25) is 9.36 Å². The van der Waals surface area contributed by atoms with Crippen molar-refractivity contribution in [3.63, 3.8) is 0 Å². The number of pyridine rings is 1. The summed E-state index contributed by atoms with van der Waals surface area (Å²) in [6, 6.07) is 7.40. The molecular weight excluding hydrogens is 245 g/mol. The second-order valence-corrected chi connectivity index (χ2v) is 3.69. The van der Waals surface area contributed by atoms with Crippen LogP contribution in [0.4, 0.5) is 18.9 Å². The third kappa shape index (κ3) is 2.22. The van der Waals surface area contributed by atoms with Crippen molar-refractivity contribution in [1.82, 2.24) is 4.57 Å². The van der Waals surface area contributed by atoms with Crippen LogP contribution in [0.5, 0.6) is 0 Å². The third-order valence-corrected chi connectivity index (χ3v) is 2.43. The maximum Gasteiger partial charge on any atom is 0.416 e. The molecule has 0 amide bonds. The number of nitrogens with two attached hydrogens (primary N) is 1. The summed E-state index contributed by atoms with van der Waals surface area (Å²) in [6.45, 7) is 0. The summed E-state index contributed by atoms with van der Waals surface area (Å²) >= 11 is 0. The van der Waals surface area contributed by atoms with E-state index in [1.807, 2.05) is 0 Å². The number of hydrogen-bond donors (Lipinski definition) is 1. The van der Waals surface area contributed by atoms with E-state index in [1.54, 1.807) is 0 Å². The molecule has 1 heterocycles. The van der Waals surface area contributed by atoms with Crippen molar-refractivity contribution in [1.29, 1.82) is 0 Å². The standard InChI is InChI=1S/C12H9F3N2O/c13-12(14,15)8-3-1-4-9(7-8)17-6-2-5-10(16)11(17)18/h1-7H,16H2. The van der Waals surface area contributed by atoms with Crippen molar-refractivity contribution >= 4 is 5.69 Å². The van der Waals surface area contributed by atoms with E-state index in [2.05, 4.69) is 0 Å². The van der Waals surface area contributed by atoms with E-state index in [4.69, 9.17) is 5.73 Å². The minimum absolute atomic E-state index is 0.0186. The number of nitrogens with zero attached hydrogens (tertiary/aromatic N) is 1. The molecular formula is C12H9F3N2O. The predicted molar refractivity (Wildman–Crippen MR) is 61.5 cm³/mol. The highest BCUT2D eigenvalue weighted by Gasteiger charge is 2.30. The van der Waals surface area contributed by atoms with E-state index in [0.717, 1.165) is 16.7 Å². The van der Waals surface area contributed by atoms with E-state index in [-0.39, 0.29) is 11.4 Å². The summed E-state index contributed by atoms with van der Waals surface area (Å²) in [4.78, 5) is 11.7. The Balaban J connectivity index is 2.59. The van der Waals surface area contributed by atoms with Gasteiger partial charge < -0.3 is 5.73 Å². The molecule has 1 aromatic heterocycles. The molecule has 0 atom stereocenters. The Morgan fingerprint density at radius 3 is 2.50 bits per heavy atom. The number of nitrogen functional groups attached to an aromatic ring is 1. The number of aromatic nitrogens is 1. The van der Waals surface area contributed by atoms with Gasteiger partial charge in [0.05, 0.1) is 11.3 Å². The number of rotatable bonds is 1. The first-order valence-electron chi connectivity index (χ1n) is 5.04. The molecule has 3 nitrogen and oxygen atoms in total. The van der Waals surface area contributed by atoms with Crippen LogP contribution in [0.2, 0.25) is 0 Å². The second kappa shape index (κ2) is 4.21. The Morgan fingerprint density at radius 2 is 1.83 bits per heavy atom. The molecule has 0 unspecified atom stereocenters. The van der Waals surface area contributed by atoms with Gasteiger partial charge in [0.25, 0.3) is 5.56 Å². The maximum atomic E-state index is 12.6. The zero-order valence-electron chi connectivity index (χ0n) is 9.11. The Hall–Kier alpha value is -2.24. The molecule has 6 heteroatoms. The molecule has 0 aliphatic carbocycles. The van der Waals surface area contributed by atoms with E-state index in [1.165, 1.54) is 30.5 Å². The van der Waals surface area contributed by atoms with Crippen molar-refractivity contribution in [3.8, 4) is 5.69 Å². The largest absolute Gasteiger partial charge is 0.416 e. The number of hydrogen-bond acceptors (Lipinski definition) is 2. The predicted octanol–water partition coefficient (Wildman–Crippen LogP) is 2.44. The molecule has 94 valence electrons. The molecule has 2 aromatic rings. The zero-order valence-corrected chi connectivity index (χ0v) is 9.11. The molecule has 0 aliphatic heterocycles. The van der Waals surface area contributed by atoms with Crippen LogP contribution in [0.15, 0.2) is 47.4 Å². The highest BCUT2D eigenvalue weighted by Crippen LogP contribution is 2.30. The van der Waals surface area contributed by atoms with Gasteiger partial charge in [-0.25, -0.2) is 0 Å². The van der Waals surface area contributed by atoms with Gasteiger partial charge in [-0.05, 0) is 30.3 Å². The summed E-state index contributed by atoms with van der Waals surface area (Å²) in [5, 5.41) is 0. The van der Waals surface area contributed by atoms with Crippen LogP contribution in [0.1, 0.15) is 5.56 Å². The Morgan fingerprint density at radius 1 is 1.11 bits per heavy atom. The summed E-state index contributed by atoms with van der Waals surface area (Å²) < 4.78 is 38.7. The highest BCUT2D eigenvalue weighted by atomic mass is 19.4. The minimum Gasteiger partial charge on any atom is -0.394 e. The van der Waals surface area contributed by atoms with Gasteiger partial charge in [0, 0.05) is 11.9 Å². The van der Waals surface area contributed by atoms with Gasteiger partial charge >= 0.3 is 6.18 Å². The molecule has 18 heavy (non-hydrogen) atoms. The minimum atomic E-state index is -4.44. The van der Waals surface area contributed by atoms with E-state index >= 15 is 0 Å². The number of halogens is 3. The zero-order chi connectivity index (χ0) is 13.3. The van der Waals surface area contributed by atoms with Crippen LogP contribution in [0.25, 0.3) is 5.69 Å². The molecule has 0 bridgehead atoms. The Bertz CT molecular complexity index is 632. The lowest BCUT2D eigenvalue weighted by Crippen LogP contribution is -2.20. The molecule has 2 rings (SSSR count). The Kier molecular flexibility index (Phi) is 2.86. The van der Waals surface area contributed by atoms with Crippen LogP contribution < -0.4 is 11.3 Å². The molecule has 0 spiro atoms. The lowest BCUT2D eigenvalue weighted by molar-refractivity contribution is -0.137. The summed E-state index contributed by atoms with van der Waals surface area (Å²) in [7, 11) is 0. The second-order valence-electron chi connectivity index (χ2n) is 3.69. The van der Waals surface area contributed by atoms with Crippen molar-refractivity contribution in [2.24, 2.45) is 0 Å². The van der Waals surface area contributed by atoms with Crippen molar-refractivity contribution in [3.05, 3.63) is 58.5 Å². The fraction of sp³-hybridized carbons (Fsp3) is 0.0833. The van der Waals surface area contributed by atoms with Crippen LogP contribution in [0.3, 0.4) is 0 Å². The molecule has 0 saturated carbocycles. The first kappa shape index (κ1) is 12.2. The van der Waals surface area contributed by atoms with Gasteiger partial charge in [0.15, 0.2) is 0 Å². The summed E-state index contributed by atoms with van der Waals surface area (Å²) in [6.07, 6.45) is -3.08. The molecule has 0 fully saturated rings. The smallest absolute Gasteiger partial charge is 0.394 e. The number of benzene rings is 1. The third-order valence-electron chi connectivity index (χ3n) is 2.43. The molecule has 0 radical (unpaired) electrons. The lowest BCUT2D eigenvalue weighted by atomic mass is 10.2. The highest BCUT2D eigenvalue weighted by molar-refractivity contribution is 5.42. The van der Waals surface area contributed by atoms with Gasteiger partial charge in [0.1, 0.15) is 0 Å². The van der Waals surface area contributed by atoms with Crippen molar-refractivity contribution in [2.75, 3.05) is 5.73 Å². The summed E-state index contributed by atoms with van der Waals surface area (Å²) in [5.41, 5.74) is 4.18. The van der Waals surface area contributed by atoms with E-state index < -0.39 is 17.3 Å². The normalized spacial score (nSPS) is 11.5. The van der Waals surface area contributed by atoms with Crippen LogP contribution in [-0.2, 0) is 6.18 Å². The van der Waals surface area contributed by atoms with Gasteiger partial charge in [-0.1, -0.05) is 6.07 Å². The Labute approximate surface area is 100 Å². The number of alkyl halides is 3. The van der Waals surface area contributed by atoms with Crippen molar-refractivity contribution < 1.29 is 13.2 Å². The van der Waals surface area contributed by atoms with Gasteiger partial charge in [-0.2, -0.15) is 13.2 Å². The van der Waals surface area contributed by atoms with Gasteiger partial charge in [-0.15, -0.1) is 0 Å². The first-order chi connectivity index (χ1) is 8.39. The SMILES string of the molecule is Nc1cccn(-c2cccc(C(F)(F)F)c2)c1=O. The van der Waals surface area contributed by atoms with Crippen LogP contribution in [-0.4, -0.2) is 4.57 Å². The van der Waals surface area contributed by atoms with Gasteiger partial charge in [0.2, 0.25) is 0 Å². The lowest BCUT2D eigenvalue weighted by Gasteiger charge is -2.10. The topological polar surface area (TPSA) is 48.0 Å². The fourth-order valence-electron chi connectivity index (χ4n) is 1.55. The average Bonchev–Trinajstić information content (AvgIpc) is 2.32. The van der Waals surface area contributed by atoms with Crippen LogP contribution in [0, 0.1) is 0 Å². The monoisotopic (exact) mass is 254 g/mol. The van der Waals surface area contributed by atoms with E-state index in [0.29, 0.717) is 0 Å². The molecule has 1 aromatic carbocycles. The maximum absolute atomic E-state index is 12.6. The molecule has 0 aliphatic rings. The summed E-state index contributed by atoms with van der Waals surface area (Å²) in [5.74, 6) is 0. The number of anilines is 1.